The lowest BCUT2D eigenvalue weighted by molar-refractivity contribution is 0.248. The van der Waals surface area contributed by atoms with E-state index in [1.165, 1.54) is 0 Å². The molecule has 2 amide bonds. The Kier molecular flexibility index (Phi) is 5.31. The van der Waals surface area contributed by atoms with Crippen LogP contribution in [0.2, 0.25) is 0 Å². The fourth-order valence-electron chi connectivity index (χ4n) is 1.98. The molecule has 6 heteroatoms. The predicted molar refractivity (Wildman–Crippen MR) is 84.4 cm³/mol. The number of thiazole rings is 1. The molecule has 1 aromatic heterocycles. The summed E-state index contributed by atoms with van der Waals surface area (Å²) in [6, 6.07) is 5.57. The van der Waals surface area contributed by atoms with Gasteiger partial charge in [-0.1, -0.05) is 13.8 Å². The van der Waals surface area contributed by atoms with Gasteiger partial charge in [0.2, 0.25) is 0 Å². The number of likely N-dealkylation sites (N-methyl/N-ethyl adjacent to an activating group) is 1. The minimum atomic E-state index is -0.174. The Labute approximate surface area is 123 Å². The van der Waals surface area contributed by atoms with Gasteiger partial charge < -0.3 is 15.5 Å². The molecule has 0 saturated heterocycles. The highest BCUT2D eigenvalue weighted by Crippen LogP contribution is 2.21. The van der Waals surface area contributed by atoms with E-state index in [-0.39, 0.29) is 6.03 Å². The van der Waals surface area contributed by atoms with Crippen LogP contribution in [0, 0.1) is 0 Å². The van der Waals surface area contributed by atoms with E-state index in [1.807, 2.05) is 18.2 Å². The minimum Gasteiger partial charge on any atom is -0.337 e. The minimum absolute atomic E-state index is 0.174. The fourth-order valence-corrected chi connectivity index (χ4v) is 2.64. The van der Waals surface area contributed by atoms with Crippen LogP contribution in [-0.4, -0.2) is 42.1 Å². The lowest BCUT2D eigenvalue weighted by atomic mass is 10.3. The van der Waals surface area contributed by atoms with Crippen molar-refractivity contribution in [1.29, 1.82) is 0 Å². The summed E-state index contributed by atoms with van der Waals surface area (Å²) in [5, 5.41) is 5.69. The Morgan fingerprint density at radius 2 is 2.15 bits per heavy atom. The number of carbonyl (C=O) groups is 1. The first kappa shape index (κ1) is 14.7. The zero-order chi connectivity index (χ0) is 14.4. The summed E-state index contributed by atoms with van der Waals surface area (Å²) in [6.45, 7) is 7.75. The highest BCUT2D eigenvalue weighted by atomic mass is 32.1. The molecular formula is C14H20N4OS. The van der Waals surface area contributed by atoms with E-state index in [9.17, 15) is 4.79 Å². The second kappa shape index (κ2) is 7.21. The first-order valence-corrected chi connectivity index (χ1v) is 7.71. The van der Waals surface area contributed by atoms with Crippen LogP contribution in [-0.2, 0) is 0 Å². The number of hydrogen-bond acceptors (Lipinski definition) is 4. The first-order valence-electron chi connectivity index (χ1n) is 6.83. The van der Waals surface area contributed by atoms with Crippen LogP contribution in [0.3, 0.4) is 0 Å². The molecule has 0 atom stereocenters. The summed E-state index contributed by atoms with van der Waals surface area (Å²) in [5.74, 6) is 0. The quantitative estimate of drug-likeness (QED) is 0.860. The summed E-state index contributed by atoms with van der Waals surface area (Å²) in [6.07, 6.45) is 0. The number of urea groups is 1. The predicted octanol–water partition coefficient (Wildman–Crippen LogP) is 2.76. The lowest BCUT2D eigenvalue weighted by Crippen LogP contribution is -2.36. The van der Waals surface area contributed by atoms with Crippen molar-refractivity contribution < 1.29 is 4.79 Å². The molecule has 5 nitrogen and oxygen atoms in total. The molecule has 2 aromatic rings. The van der Waals surface area contributed by atoms with Crippen LogP contribution >= 0.6 is 11.3 Å². The van der Waals surface area contributed by atoms with Gasteiger partial charge in [-0.05, 0) is 31.3 Å². The number of benzene rings is 1. The van der Waals surface area contributed by atoms with Crippen molar-refractivity contribution in [3.8, 4) is 0 Å². The third-order valence-electron chi connectivity index (χ3n) is 3.20. The molecule has 0 aliphatic heterocycles. The van der Waals surface area contributed by atoms with E-state index < -0.39 is 0 Å². The molecule has 2 rings (SSSR count). The number of anilines is 1. The van der Waals surface area contributed by atoms with E-state index in [0.29, 0.717) is 6.54 Å². The van der Waals surface area contributed by atoms with Crippen LogP contribution in [0.1, 0.15) is 13.8 Å². The molecule has 1 aromatic carbocycles. The Hall–Kier alpha value is -1.66. The molecule has 20 heavy (non-hydrogen) atoms. The van der Waals surface area contributed by atoms with Crippen molar-refractivity contribution in [3.05, 3.63) is 23.7 Å². The largest absolute Gasteiger partial charge is 0.337 e. The second-order valence-electron chi connectivity index (χ2n) is 4.44. The second-order valence-corrected chi connectivity index (χ2v) is 5.33. The molecule has 0 spiro atoms. The van der Waals surface area contributed by atoms with E-state index in [1.54, 1.807) is 16.8 Å². The van der Waals surface area contributed by atoms with Gasteiger partial charge in [-0.2, -0.15) is 0 Å². The van der Waals surface area contributed by atoms with Gasteiger partial charge >= 0.3 is 6.03 Å². The topological polar surface area (TPSA) is 57.3 Å². The van der Waals surface area contributed by atoms with E-state index in [0.717, 1.165) is 35.5 Å². The molecule has 1 heterocycles. The average Bonchev–Trinajstić information content (AvgIpc) is 2.91. The summed E-state index contributed by atoms with van der Waals surface area (Å²) in [7, 11) is 0. The Balaban J connectivity index is 1.81. The van der Waals surface area contributed by atoms with Crippen molar-refractivity contribution >= 4 is 33.3 Å². The first-order chi connectivity index (χ1) is 9.72. The average molecular weight is 292 g/mol. The smallest absolute Gasteiger partial charge is 0.319 e. The third kappa shape index (κ3) is 3.91. The number of carbonyl (C=O) groups excluding carboxylic acids is 1. The van der Waals surface area contributed by atoms with Crippen LogP contribution in [0.25, 0.3) is 10.2 Å². The molecule has 0 bridgehead atoms. The van der Waals surface area contributed by atoms with Gasteiger partial charge in [0.25, 0.3) is 0 Å². The Morgan fingerprint density at radius 3 is 2.90 bits per heavy atom. The van der Waals surface area contributed by atoms with Crippen LogP contribution in [0.5, 0.6) is 0 Å². The van der Waals surface area contributed by atoms with Gasteiger partial charge in [0.1, 0.15) is 0 Å². The number of rotatable bonds is 6. The number of fused-ring (bicyclic) bond motifs is 1. The van der Waals surface area contributed by atoms with Gasteiger partial charge in [-0.3, -0.25) is 0 Å². The number of nitrogens with one attached hydrogen (secondary N) is 2. The summed E-state index contributed by atoms with van der Waals surface area (Å²) in [4.78, 5) is 18.3. The van der Waals surface area contributed by atoms with Crippen molar-refractivity contribution in [2.45, 2.75) is 13.8 Å². The number of amides is 2. The monoisotopic (exact) mass is 292 g/mol. The lowest BCUT2D eigenvalue weighted by Gasteiger charge is -2.18. The Bertz CT molecular complexity index is 565. The van der Waals surface area contributed by atoms with Crippen molar-refractivity contribution in [3.63, 3.8) is 0 Å². The highest BCUT2D eigenvalue weighted by Gasteiger charge is 2.04. The molecule has 0 aliphatic rings. The fraction of sp³-hybridized carbons (Fsp3) is 0.429. The van der Waals surface area contributed by atoms with Gasteiger partial charge in [0.05, 0.1) is 15.7 Å². The highest BCUT2D eigenvalue weighted by molar-refractivity contribution is 7.16. The molecular weight excluding hydrogens is 272 g/mol. The van der Waals surface area contributed by atoms with Gasteiger partial charge in [-0.25, -0.2) is 9.78 Å². The van der Waals surface area contributed by atoms with Gasteiger partial charge in [-0.15, -0.1) is 11.3 Å². The Morgan fingerprint density at radius 1 is 1.35 bits per heavy atom. The van der Waals surface area contributed by atoms with Crippen molar-refractivity contribution in [2.75, 3.05) is 31.5 Å². The molecule has 0 radical (unpaired) electrons. The normalized spacial score (nSPS) is 10.9. The van der Waals surface area contributed by atoms with E-state index >= 15 is 0 Å². The number of nitrogens with zero attached hydrogens (tertiary/aromatic N) is 2. The number of hydrogen-bond donors (Lipinski definition) is 2. The molecule has 0 aliphatic carbocycles. The maximum Gasteiger partial charge on any atom is 0.319 e. The SMILES string of the molecule is CCN(CC)CCNC(=O)Nc1ccc2scnc2c1. The van der Waals surface area contributed by atoms with Crippen LogP contribution in [0.15, 0.2) is 23.7 Å². The maximum absolute atomic E-state index is 11.8. The zero-order valence-electron chi connectivity index (χ0n) is 11.8. The van der Waals surface area contributed by atoms with Crippen molar-refractivity contribution in [1.82, 2.24) is 15.2 Å². The standard InChI is InChI=1S/C14H20N4OS/c1-3-18(4-2)8-7-15-14(19)17-11-5-6-13-12(9-11)16-10-20-13/h5-6,9-10H,3-4,7-8H2,1-2H3,(H2,15,17,19). The van der Waals surface area contributed by atoms with Gasteiger partial charge in [0.15, 0.2) is 0 Å². The summed E-state index contributed by atoms with van der Waals surface area (Å²) < 4.78 is 1.12. The van der Waals surface area contributed by atoms with Crippen LogP contribution < -0.4 is 10.6 Å². The molecule has 0 unspecified atom stereocenters. The van der Waals surface area contributed by atoms with E-state index in [2.05, 4.69) is 34.4 Å². The van der Waals surface area contributed by atoms with Crippen LogP contribution in [0.4, 0.5) is 10.5 Å². The zero-order valence-corrected chi connectivity index (χ0v) is 12.7. The molecule has 2 N–H and O–H groups in total. The molecule has 108 valence electrons. The molecule has 0 saturated carbocycles. The molecule has 0 fully saturated rings. The maximum atomic E-state index is 11.8. The third-order valence-corrected chi connectivity index (χ3v) is 4.01. The van der Waals surface area contributed by atoms with E-state index in [4.69, 9.17) is 0 Å². The summed E-state index contributed by atoms with van der Waals surface area (Å²) >= 11 is 1.59. The van der Waals surface area contributed by atoms with Crippen molar-refractivity contribution in [2.24, 2.45) is 0 Å². The number of aromatic nitrogens is 1. The summed E-state index contributed by atoms with van der Waals surface area (Å²) in [5.41, 5.74) is 3.48. The van der Waals surface area contributed by atoms with Gasteiger partial charge in [0, 0.05) is 18.8 Å².